The summed E-state index contributed by atoms with van der Waals surface area (Å²) in [5.74, 6) is -0.424. The summed E-state index contributed by atoms with van der Waals surface area (Å²) in [6.07, 6.45) is 0.835. The van der Waals surface area contributed by atoms with Gasteiger partial charge in [-0.25, -0.2) is 19.6 Å². The molecule has 3 amide bonds. The number of nitrogens with zero attached hydrogens (tertiary/aromatic N) is 4. The molecule has 10 heteroatoms. The average Bonchev–Trinajstić information content (AvgIpc) is 3.08. The van der Waals surface area contributed by atoms with Gasteiger partial charge in [0.2, 0.25) is 5.96 Å². The number of hydrogen-bond donors (Lipinski definition) is 2. The molecule has 1 fully saturated rings. The number of hydrazone groups is 1. The molecule has 2 aromatic carbocycles. The third-order valence-corrected chi connectivity index (χ3v) is 5.13. The smallest absolute Gasteiger partial charge is 0.321 e. The summed E-state index contributed by atoms with van der Waals surface area (Å²) in [5, 5.41) is 7.11. The molecule has 0 bridgehead atoms. The van der Waals surface area contributed by atoms with Crippen LogP contribution in [0.15, 0.2) is 58.6 Å². The highest BCUT2D eigenvalue weighted by Gasteiger charge is 2.48. The SMILES string of the molecule is CN1C(=O)NC(=O)C2C1N=C(N/N=C/c1ccc(F)cc1)N2Cc1ccc(Cl)cc1. The lowest BCUT2D eigenvalue weighted by atomic mass is 10.1. The number of guanidine groups is 1. The molecular weight excluding hydrogens is 411 g/mol. The van der Waals surface area contributed by atoms with Crippen molar-refractivity contribution < 1.29 is 14.0 Å². The number of aliphatic imine (C=N–C) groups is 1. The summed E-state index contributed by atoms with van der Waals surface area (Å²) in [6, 6.07) is 11.9. The van der Waals surface area contributed by atoms with E-state index in [4.69, 9.17) is 11.6 Å². The Morgan fingerprint density at radius 2 is 1.90 bits per heavy atom. The van der Waals surface area contributed by atoms with E-state index in [-0.39, 0.29) is 5.82 Å². The van der Waals surface area contributed by atoms with Gasteiger partial charge < -0.3 is 9.80 Å². The van der Waals surface area contributed by atoms with Crippen LogP contribution in [-0.4, -0.2) is 53.2 Å². The van der Waals surface area contributed by atoms with Gasteiger partial charge in [-0.3, -0.25) is 10.1 Å². The molecule has 0 aromatic heterocycles. The number of carbonyl (C=O) groups is 2. The topological polar surface area (TPSA) is 89.4 Å². The Bertz CT molecular complexity index is 1020. The summed E-state index contributed by atoms with van der Waals surface area (Å²) in [5.41, 5.74) is 4.44. The number of benzene rings is 2. The highest BCUT2D eigenvalue weighted by Crippen LogP contribution is 2.25. The number of hydrogen-bond acceptors (Lipinski definition) is 6. The molecule has 1 saturated heterocycles. The van der Waals surface area contributed by atoms with E-state index in [1.54, 1.807) is 36.2 Å². The van der Waals surface area contributed by atoms with Crippen LogP contribution < -0.4 is 10.7 Å². The van der Waals surface area contributed by atoms with Crippen LogP contribution in [0.2, 0.25) is 5.02 Å². The van der Waals surface area contributed by atoms with Crippen molar-refractivity contribution in [2.24, 2.45) is 10.1 Å². The van der Waals surface area contributed by atoms with Gasteiger partial charge in [0.05, 0.1) is 6.21 Å². The van der Waals surface area contributed by atoms with E-state index in [0.29, 0.717) is 23.1 Å². The molecule has 2 unspecified atom stereocenters. The fourth-order valence-corrected chi connectivity index (χ4v) is 3.42. The summed E-state index contributed by atoms with van der Waals surface area (Å²) >= 11 is 5.96. The van der Waals surface area contributed by atoms with Crippen LogP contribution in [0, 0.1) is 5.82 Å². The quantitative estimate of drug-likeness (QED) is 0.577. The van der Waals surface area contributed by atoms with Crippen LogP contribution in [0.25, 0.3) is 0 Å². The monoisotopic (exact) mass is 428 g/mol. The second kappa shape index (κ2) is 8.11. The summed E-state index contributed by atoms with van der Waals surface area (Å²) in [7, 11) is 1.58. The Labute approximate surface area is 177 Å². The third-order valence-electron chi connectivity index (χ3n) is 4.88. The molecule has 30 heavy (non-hydrogen) atoms. The Morgan fingerprint density at radius 1 is 1.20 bits per heavy atom. The van der Waals surface area contributed by atoms with Crippen molar-refractivity contribution >= 4 is 35.7 Å². The molecule has 0 radical (unpaired) electrons. The number of likely N-dealkylation sites (N-methyl/N-ethyl adjacent to an activating group) is 1. The van der Waals surface area contributed by atoms with Crippen LogP contribution in [0.3, 0.4) is 0 Å². The number of urea groups is 1. The molecule has 154 valence electrons. The average molecular weight is 429 g/mol. The lowest BCUT2D eigenvalue weighted by Crippen LogP contribution is -2.63. The number of fused-ring (bicyclic) bond motifs is 1. The van der Waals surface area contributed by atoms with Gasteiger partial charge in [-0.1, -0.05) is 35.9 Å². The van der Waals surface area contributed by atoms with Crippen molar-refractivity contribution in [2.75, 3.05) is 7.05 Å². The third kappa shape index (κ3) is 3.97. The van der Waals surface area contributed by atoms with Gasteiger partial charge in [-0.05, 0) is 35.4 Å². The molecule has 0 saturated carbocycles. The Hall–Kier alpha value is -3.46. The Morgan fingerprint density at radius 3 is 2.60 bits per heavy atom. The maximum atomic E-state index is 13.0. The first-order valence-electron chi connectivity index (χ1n) is 9.13. The van der Waals surface area contributed by atoms with Crippen molar-refractivity contribution in [1.29, 1.82) is 0 Å². The van der Waals surface area contributed by atoms with Crippen LogP contribution >= 0.6 is 11.6 Å². The van der Waals surface area contributed by atoms with E-state index in [1.807, 2.05) is 12.1 Å². The molecule has 2 N–H and O–H groups in total. The van der Waals surface area contributed by atoms with Gasteiger partial charge in [0.15, 0.2) is 12.2 Å². The highest BCUT2D eigenvalue weighted by atomic mass is 35.5. The van der Waals surface area contributed by atoms with Gasteiger partial charge >= 0.3 is 6.03 Å². The largest absolute Gasteiger partial charge is 0.325 e. The van der Waals surface area contributed by atoms with E-state index in [2.05, 4.69) is 20.8 Å². The van der Waals surface area contributed by atoms with E-state index in [0.717, 1.165) is 5.56 Å². The lowest BCUT2D eigenvalue weighted by Gasteiger charge is -2.36. The molecular formula is C20H18ClFN6O2. The molecule has 8 nitrogen and oxygen atoms in total. The van der Waals surface area contributed by atoms with E-state index >= 15 is 0 Å². The predicted molar refractivity (Wildman–Crippen MR) is 110 cm³/mol. The molecule has 4 rings (SSSR count). The van der Waals surface area contributed by atoms with Crippen molar-refractivity contribution in [3.8, 4) is 0 Å². The van der Waals surface area contributed by atoms with E-state index < -0.39 is 24.1 Å². The second-order valence-corrected chi connectivity index (χ2v) is 7.33. The number of imide groups is 1. The predicted octanol–water partition coefficient (Wildman–Crippen LogP) is 2.15. The van der Waals surface area contributed by atoms with E-state index in [1.165, 1.54) is 23.2 Å². The summed E-state index contributed by atoms with van der Waals surface area (Å²) in [4.78, 5) is 32.2. The number of carbonyl (C=O) groups excluding carboxylic acids is 2. The first-order chi connectivity index (χ1) is 14.4. The lowest BCUT2D eigenvalue weighted by molar-refractivity contribution is -0.127. The molecule has 2 aromatic rings. The maximum absolute atomic E-state index is 13.0. The van der Waals surface area contributed by atoms with Crippen LogP contribution in [0.1, 0.15) is 11.1 Å². The zero-order chi connectivity index (χ0) is 21.3. The number of rotatable bonds is 4. The van der Waals surface area contributed by atoms with Gasteiger partial charge in [0, 0.05) is 18.6 Å². The number of amides is 3. The Balaban J connectivity index is 1.58. The maximum Gasteiger partial charge on any atom is 0.325 e. The number of nitrogens with one attached hydrogen (secondary N) is 2. The summed E-state index contributed by atoms with van der Waals surface area (Å²) in [6.45, 7) is 0.353. The molecule has 2 heterocycles. The first-order valence-corrected chi connectivity index (χ1v) is 9.51. The minimum Gasteiger partial charge on any atom is -0.321 e. The highest BCUT2D eigenvalue weighted by molar-refractivity contribution is 6.30. The minimum atomic E-state index is -0.702. The standard InChI is InChI=1S/C20H18ClFN6O2/c1-27-17-16(18(29)25-20(27)30)28(11-13-2-6-14(21)7-3-13)19(24-17)26-23-10-12-4-8-15(22)9-5-12/h2-10,16-17H,11H2,1H3,(H,24,26)(H,25,29,30)/b23-10+. The van der Waals surface area contributed by atoms with Crippen LogP contribution in [0.4, 0.5) is 9.18 Å². The fourth-order valence-electron chi connectivity index (χ4n) is 3.29. The van der Waals surface area contributed by atoms with Gasteiger partial charge in [-0.2, -0.15) is 5.10 Å². The zero-order valence-corrected chi connectivity index (χ0v) is 16.7. The normalized spacial score (nSPS) is 21.0. The summed E-state index contributed by atoms with van der Waals surface area (Å²) < 4.78 is 13.0. The van der Waals surface area contributed by atoms with Gasteiger partial charge in [-0.15, -0.1) is 0 Å². The second-order valence-electron chi connectivity index (χ2n) is 6.89. The van der Waals surface area contributed by atoms with E-state index in [9.17, 15) is 14.0 Å². The molecule has 0 spiro atoms. The van der Waals surface area contributed by atoms with Gasteiger partial charge in [0.25, 0.3) is 5.91 Å². The minimum absolute atomic E-state index is 0.336. The van der Waals surface area contributed by atoms with Crippen molar-refractivity contribution in [3.05, 3.63) is 70.5 Å². The zero-order valence-electron chi connectivity index (χ0n) is 15.9. The van der Waals surface area contributed by atoms with Crippen molar-refractivity contribution in [2.45, 2.75) is 18.8 Å². The van der Waals surface area contributed by atoms with Gasteiger partial charge in [0.1, 0.15) is 5.82 Å². The fraction of sp³-hybridized carbons (Fsp3) is 0.200. The van der Waals surface area contributed by atoms with Crippen LogP contribution in [0.5, 0.6) is 0 Å². The number of halogens is 2. The first kappa shape index (κ1) is 19.8. The molecule has 2 aliphatic rings. The Kier molecular flexibility index (Phi) is 5.37. The molecule has 0 aliphatic carbocycles. The van der Waals surface area contributed by atoms with Crippen LogP contribution in [-0.2, 0) is 11.3 Å². The van der Waals surface area contributed by atoms with Crippen molar-refractivity contribution in [1.82, 2.24) is 20.5 Å². The molecule has 2 atom stereocenters. The van der Waals surface area contributed by atoms with Crippen molar-refractivity contribution in [3.63, 3.8) is 0 Å². The molecule has 2 aliphatic heterocycles.